The lowest BCUT2D eigenvalue weighted by atomic mass is 9.94. The lowest BCUT2D eigenvalue weighted by molar-refractivity contribution is 0.0981. The normalized spacial score (nSPS) is 19.7. The number of hydrogen-bond acceptors (Lipinski definition) is 1. The molecule has 0 aliphatic heterocycles. The van der Waals surface area contributed by atoms with E-state index in [1.807, 2.05) is 19.2 Å². The number of alkyl halides is 1. The van der Waals surface area contributed by atoms with E-state index < -0.39 is 0 Å². The molecule has 3 rings (SSSR count). The van der Waals surface area contributed by atoms with Crippen molar-refractivity contribution < 1.29 is 4.79 Å². The van der Waals surface area contributed by atoms with Crippen molar-refractivity contribution in [2.75, 3.05) is 0 Å². The molecule has 0 fully saturated rings. The Balaban J connectivity index is 2.38. The Morgan fingerprint density at radius 1 is 1.47 bits per heavy atom. The molecule has 17 heavy (non-hydrogen) atoms. The van der Waals surface area contributed by atoms with Gasteiger partial charge in [-0.1, -0.05) is 31.9 Å². The van der Waals surface area contributed by atoms with Gasteiger partial charge in [0, 0.05) is 21.9 Å². The molecule has 2 aromatic heterocycles. The summed E-state index contributed by atoms with van der Waals surface area (Å²) in [5, 5.41) is 0. The van der Waals surface area contributed by atoms with Gasteiger partial charge in [0.15, 0.2) is 5.78 Å². The number of Topliss-reactive ketones (excluding diaryl/α,β-unsaturated/α-hetero) is 1. The first-order valence-corrected chi connectivity index (χ1v) is 7.28. The number of carbonyl (C=O) groups excluding carboxylic acids is 1. The molecular formula is C13H11Br2NO. The average molecular weight is 357 g/mol. The minimum atomic E-state index is -0.0189. The summed E-state index contributed by atoms with van der Waals surface area (Å²) >= 11 is 6.94. The first-order valence-electron chi connectivity index (χ1n) is 5.57. The molecule has 1 unspecified atom stereocenters. The van der Waals surface area contributed by atoms with Crippen LogP contribution in [0.3, 0.4) is 0 Å². The molecule has 1 atom stereocenters. The zero-order chi connectivity index (χ0) is 12.2. The Bertz CT molecular complexity index is 630. The number of nitrogens with zero attached hydrogens (tertiary/aromatic N) is 1. The fourth-order valence-corrected chi connectivity index (χ4v) is 3.38. The summed E-state index contributed by atoms with van der Waals surface area (Å²) in [6, 6.07) is 4.08. The predicted octanol–water partition coefficient (Wildman–Crippen LogP) is 3.90. The van der Waals surface area contributed by atoms with Crippen LogP contribution in [0.4, 0.5) is 0 Å². The Morgan fingerprint density at radius 2 is 2.24 bits per heavy atom. The summed E-state index contributed by atoms with van der Waals surface area (Å²) in [6.45, 7) is 2.03. The van der Waals surface area contributed by atoms with Crippen LogP contribution in [0.25, 0.3) is 5.52 Å². The molecule has 0 amide bonds. The van der Waals surface area contributed by atoms with Crippen LogP contribution in [0.1, 0.15) is 28.0 Å². The van der Waals surface area contributed by atoms with Crippen molar-refractivity contribution in [3.8, 4) is 0 Å². The van der Waals surface area contributed by atoms with E-state index in [9.17, 15) is 4.79 Å². The summed E-state index contributed by atoms with van der Waals surface area (Å²) < 4.78 is 3.19. The molecule has 2 nitrogen and oxygen atoms in total. The molecule has 0 spiro atoms. The Kier molecular flexibility index (Phi) is 2.67. The number of carbonyl (C=O) groups is 1. The highest BCUT2D eigenvalue weighted by Gasteiger charge is 2.30. The number of fused-ring (bicyclic) bond motifs is 3. The van der Waals surface area contributed by atoms with Gasteiger partial charge in [0.05, 0.1) is 10.3 Å². The lowest BCUT2D eigenvalue weighted by Gasteiger charge is -2.16. The number of ketones is 1. The highest BCUT2D eigenvalue weighted by molar-refractivity contribution is 9.10. The van der Waals surface area contributed by atoms with Gasteiger partial charge >= 0.3 is 0 Å². The second-order valence-electron chi connectivity index (χ2n) is 4.42. The van der Waals surface area contributed by atoms with Crippen molar-refractivity contribution in [3.05, 3.63) is 39.6 Å². The first-order chi connectivity index (χ1) is 8.09. The van der Waals surface area contributed by atoms with Gasteiger partial charge in [-0.3, -0.25) is 4.79 Å². The van der Waals surface area contributed by atoms with Gasteiger partial charge in [-0.2, -0.15) is 0 Å². The van der Waals surface area contributed by atoms with Crippen LogP contribution in [0, 0.1) is 6.92 Å². The van der Waals surface area contributed by atoms with Crippen LogP contribution >= 0.6 is 31.9 Å². The van der Waals surface area contributed by atoms with Gasteiger partial charge in [-0.05, 0) is 37.5 Å². The maximum atomic E-state index is 12.2. The van der Waals surface area contributed by atoms with E-state index in [-0.39, 0.29) is 10.6 Å². The van der Waals surface area contributed by atoms with Gasteiger partial charge in [0.1, 0.15) is 0 Å². The number of aryl methyl sites for hydroxylation is 2. The molecule has 1 aliphatic rings. The second kappa shape index (κ2) is 3.95. The zero-order valence-corrected chi connectivity index (χ0v) is 12.5. The molecule has 4 heteroatoms. The smallest absolute Gasteiger partial charge is 0.178 e. The van der Waals surface area contributed by atoms with Crippen molar-refractivity contribution >= 4 is 43.2 Å². The molecular weight excluding hydrogens is 346 g/mol. The van der Waals surface area contributed by atoms with Crippen LogP contribution < -0.4 is 0 Å². The molecule has 0 saturated heterocycles. The van der Waals surface area contributed by atoms with E-state index in [2.05, 4.69) is 42.3 Å². The summed E-state index contributed by atoms with van der Waals surface area (Å²) in [6.07, 6.45) is 3.87. The van der Waals surface area contributed by atoms with Crippen molar-refractivity contribution in [1.29, 1.82) is 0 Å². The molecule has 88 valence electrons. The highest BCUT2D eigenvalue weighted by Crippen LogP contribution is 2.33. The Labute approximate surface area is 116 Å². The van der Waals surface area contributed by atoms with E-state index in [1.54, 1.807) is 0 Å². The number of aromatic nitrogens is 1. The van der Waals surface area contributed by atoms with Crippen LogP contribution in [-0.4, -0.2) is 15.0 Å². The summed E-state index contributed by atoms with van der Waals surface area (Å²) in [5.41, 5.74) is 4.29. The lowest BCUT2D eigenvalue weighted by Crippen LogP contribution is -2.22. The summed E-state index contributed by atoms with van der Waals surface area (Å²) in [4.78, 5) is 12.2. The molecule has 1 aliphatic carbocycles. The fraction of sp³-hybridized carbons (Fsp3) is 0.308. The first kappa shape index (κ1) is 11.5. The standard InChI is InChI=1S/C13H11Br2NO/c1-7-11-6-8(14)4-5-16(11)10-3-2-9(15)13(17)12(7)10/h4-6,9H,2-3H2,1H3. The van der Waals surface area contributed by atoms with Crippen LogP contribution in [0.15, 0.2) is 22.8 Å². The molecule has 0 radical (unpaired) electrons. The Morgan fingerprint density at radius 3 is 3.00 bits per heavy atom. The summed E-state index contributed by atoms with van der Waals surface area (Å²) in [5.74, 6) is 0.226. The van der Waals surface area contributed by atoms with Crippen molar-refractivity contribution in [2.45, 2.75) is 24.6 Å². The molecule has 0 bridgehead atoms. The molecule has 0 N–H and O–H groups in total. The zero-order valence-electron chi connectivity index (χ0n) is 9.34. The third-order valence-electron chi connectivity index (χ3n) is 3.42. The van der Waals surface area contributed by atoms with E-state index in [4.69, 9.17) is 0 Å². The number of rotatable bonds is 0. The minimum absolute atomic E-state index is 0.0189. The summed E-state index contributed by atoms with van der Waals surface area (Å²) in [7, 11) is 0. The number of hydrogen-bond donors (Lipinski definition) is 0. The third-order valence-corrected chi connectivity index (χ3v) is 4.79. The molecule has 2 aromatic rings. The number of pyridine rings is 1. The maximum Gasteiger partial charge on any atom is 0.178 e. The van der Waals surface area contributed by atoms with Crippen LogP contribution in [0.2, 0.25) is 0 Å². The van der Waals surface area contributed by atoms with Gasteiger partial charge in [-0.15, -0.1) is 0 Å². The van der Waals surface area contributed by atoms with Crippen LogP contribution in [-0.2, 0) is 6.42 Å². The van der Waals surface area contributed by atoms with Gasteiger partial charge in [0.25, 0.3) is 0 Å². The maximum absolute atomic E-state index is 12.2. The van der Waals surface area contributed by atoms with E-state index >= 15 is 0 Å². The second-order valence-corrected chi connectivity index (χ2v) is 6.44. The SMILES string of the molecule is Cc1c2c(n3ccc(Br)cc13)CCC(Br)C2=O. The topological polar surface area (TPSA) is 21.5 Å². The van der Waals surface area contributed by atoms with Crippen LogP contribution in [0.5, 0.6) is 0 Å². The van der Waals surface area contributed by atoms with Crippen molar-refractivity contribution in [3.63, 3.8) is 0 Å². The molecule has 0 saturated carbocycles. The van der Waals surface area contributed by atoms with E-state index in [0.29, 0.717) is 0 Å². The van der Waals surface area contributed by atoms with Crippen molar-refractivity contribution in [2.24, 2.45) is 0 Å². The largest absolute Gasteiger partial charge is 0.320 e. The fourth-order valence-electron chi connectivity index (χ4n) is 2.59. The van der Waals surface area contributed by atoms with E-state index in [1.165, 1.54) is 0 Å². The molecule has 2 heterocycles. The Hall–Kier alpha value is -0.610. The predicted molar refractivity (Wildman–Crippen MR) is 75.2 cm³/mol. The third kappa shape index (κ3) is 1.61. The van der Waals surface area contributed by atoms with Gasteiger partial charge < -0.3 is 4.40 Å². The quantitative estimate of drug-likeness (QED) is 0.656. The monoisotopic (exact) mass is 355 g/mol. The minimum Gasteiger partial charge on any atom is -0.320 e. The van der Waals surface area contributed by atoms with Gasteiger partial charge in [0.2, 0.25) is 0 Å². The van der Waals surface area contributed by atoms with E-state index in [0.717, 1.165) is 39.7 Å². The average Bonchev–Trinajstić information content (AvgIpc) is 2.58. The molecule has 0 aromatic carbocycles. The highest BCUT2D eigenvalue weighted by atomic mass is 79.9. The van der Waals surface area contributed by atoms with Crippen molar-refractivity contribution in [1.82, 2.24) is 4.40 Å². The van der Waals surface area contributed by atoms with Gasteiger partial charge in [-0.25, -0.2) is 0 Å². The number of halogens is 2.